The molecule has 1 aromatic carbocycles. The molecule has 2 unspecified atom stereocenters. The Morgan fingerprint density at radius 2 is 1.90 bits per heavy atom. The van der Waals surface area contributed by atoms with Gasteiger partial charge in [0.1, 0.15) is 30.5 Å². The molecule has 2 aromatic heterocycles. The Labute approximate surface area is 170 Å². The number of halogens is 1. The van der Waals surface area contributed by atoms with Gasteiger partial charge in [-0.25, -0.2) is 9.48 Å². The van der Waals surface area contributed by atoms with Crippen molar-refractivity contribution in [2.45, 2.75) is 37.1 Å². The number of aliphatic hydroxyl groups excluding tert-OH is 4. The number of nitrogens with zero attached hydrogens (tertiary/aromatic N) is 3. The van der Waals surface area contributed by atoms with Crippen molar-refractivity contribution in [3.8, 4) is 0 Å². The van der Waals surface area contributed by atoms with Gasteiger partial charge in [-0.15, -0.1) is 5.10 Å². The zero-order valence-corrected chi connectivity index (χ0v) is 15.9. The summed E-state index contributed by atoms with van der Waals surface area (Å²) in [5.74, 6) is 0. The molecule has 0 amide bonds. The van der Waals surface area contributed by atoms with E-state index in [1.807, 2.05) is 0 Å². The first-order chi connectivity index (χ1) is 13.9. The summed E-state index contributed by atoms with van der Waals surface area (Å²) in [6.07, 6.45) is -4.70. The quantitative estimate of drug-likeness (QED) is 0.455. The Hall–Kier alpha value is -2.27. The van der Waals surface area contributed by atoms with Crippen molar-refractivity contribution in [3.63, 3.8) is 0 Å². The van der Waals surface area contributed by atoms with Crippen LogP contribution in [0.1, 0.15) is 17.2 Å². The van der Waals surface area contributed by atoms with Crippen LogP contribution in [0.4, 0.5) is 0 Å². The van der Waals surface area contributed by atoms with Gasteiger partial charge in [0.25, 0.3) is 0 Å². The lowest BCUT2D eigenvalue weighted by Crippen LogP contribution is -2.55. The summed E-state index contributed by atoms with van der Waals surface area (Å²) in [5, 5.41) is 44.4. The number of fused-ring (bicyclic) bond motifs is 1. The van der Waals surface area contributed by atoms with Gasteiger partial charge in [-0.2, -0.15) is 0 Å². The topological polar surface area (TPSA) is 129 Å². The molecule has 10 heteroatoms. The van der Waals surface area contributed by atoms with E-state index in [1.165, 1.54) is 9.08 Å². The van der Waals surface area contributed by atoms with Gasteiger partial charge < -0.3 is 25.2 Å². The number of benzene rings is 1. The molecule has 3 aromatic rings. The molecule has 4 N–H and O–H groups in total. The Balaban J connectivity index is 1.67. The third-order valence-electron chi connectivity index (χ3n) is 5.10. The van der Waals surface area contributed by atoms with Gasteiger partial charge in [0.15, 0.2) is 5.65 Å². The maximum atomic E-state index is 12.5. The predicted molar refractivity (Wildman–Crippen MR) is 103 cm³/mol. The molecule has 0 radical (unpaired) electrons. The summed E-state index contributed by atoms with van der Waals surface area (Å²) in [6.45, 7) is -0.427. The molecule has 4 rings (SSSR count). The SMILES string of the molecule is O=c1n(Cc2cc([C@@H]3OC(CO)[C@@H](O)C(O)[C@@H]3O)ccc2Cl)nc2ccccn12. The largest absolute Gasteiger partial charge is 0.394 e. The summed E-state index contributed by atoms with van der Waals surface area (Å²) in [5.41, 5.74) is 1.22. The number of ether oxygens (including phenoxy) is 1. The van der Waals surface area contributed by atoms with Crippen molar-refractivity contribution in [1.29, 1.82) is 0 Å². The fourth-order valence-electron chi connectivity index (χ4n) is 3.50. The highest BCUT2D eigenvalue weighted by Gasteiger charge is 2.44. The van der Waals surface area contributed by atoms with Crippen molar-refractivity contribution in [2.75, 3.05) is 6.61 Å². The van der Waals surface area contributed by atoms with Crippen LogP contribution >= 0.6 is 11.6 Å². The van der Waals surface area contributed by atoms with E-state index in [0.29, 0.717) is 21.8 Å². The minimum atomic E-state index is -1.48. The Bertz CT molecular complexity index is 1080. The van der Waals surface area contributed by atoms with Gasteiger partial charge in [-0.1, -0.05) is 23.7 Å². The first-order valence-electron chi connectivity index (χ1n) is 9.03. The molecule has 154 valence electrons. The Morgan fingerprint density at radius 3 is 2.62 bits per heavy atom. The molecule has 0 aliphatic carbocycles. The van der Waals surface area contributed by atoms with E-state index in [1.54, 1.807) is 42.6 Å². The predicted octanol–water partition coefficient (Wildman–Crippen LogP) is -0.287. The summed E-state index contributed by atoms with van der Waals surface area (Å²) < 4.78 is 8.28. The summed E-state index contributed by atoms with van der Waals surface area (Å²) in [4.78, 5) is 12.5. The van der Waals surface area contributed by atoms with E-state index < -0.39 is 37.1 Å². The van der Waals surface area contributed by atoms with Crippen molar-refractivity contribution >= 4 is 17.2 Å². The molecule has 1 aliphatic rings. The second kappa shape index (κ2) is 7.86. The van der Waals surface area contributed by atoms with E-state index in [4.69, 9.17) is 16.3 Å². The minimum absolute atomic E-state index is 0.0879. The van der Waals surface area contributed by atoms with E-state index >= 15 is 0 Å². The summed E-state index contributed by atoms with van der Waals surface area (Å²) in [7, 11) is 0. The molecule has 0 spiro atoms. The fourth-order valence-corrected chi connectivity index (χ4v) is 3.68. The van der Waals surface area contributed by atoms with Crippen LogP contribution in [0.3, 0.4) is 0 Å². The molecular formula is C19H20ClN3O6. The van der Waals surface area contributed by atoms with Crippen LogP contribution in [0.25, 0.3) is 5.65 Å². The zero-order chi connectivity index (χ0) is 20.7. The van der Waals surface area contributed by atoms with Gasteiger partial charge in [0.05, 0.1) is 13.2 Å². The fraction of sp³-hybridized carbons (Fsp3) is 0.368. The molecule has 0 bridgehead atoms. The number of hydrogen-bond acceptors (Lipinski definition) is 7. The van der Waals surface area contributed by atoms with Crippen molar-refractivity contribution in [3.05, 3.63) is 69.2 Å². The molecule has 1 aliphatic heterocycles. The summed E-state index contributed by atoms with van der Waals surface area (Å²) >= 11 is 6.30. The average molecular weight is 422 g/mol. The van der Waals surface area contributed by atoms with Gasteiger partial charge in [0, 0.05) is 11.2 Å². The first kappa shape index (κ1) is 20.0. The van der Waals surface area contributed by atoms with Gasteiger partial charge in [-0.3, -0.25) is 4.40 Å². The van der Waals surface area contributed by atoms with Gasteiger partial charge >= 0.3 is 5.69 Å². The van der Waals surface area contributed by atoms with E-state index in [2.05, 4.69) is 5.10 Å². The van der Waals surface area contributed by atoms with Gasteiger partial charge in [0.2, 0.25) is 0 Å². The molecule has 5 atom stereocenters. The van der Waals surface area contributed by atoms with Crippen LogP contribution in [-0.4, -0.2) is 65.6 Å². The second-order valence-corrected chi connectivity index (χ2v) is 7.38. The highest BCUT2D eigenvalue weighted by molar-refractivity contribution is 6.31. The lowest BCUT2D eigenvalue weighted by Gasteiger charge is -2.40. The lowest BCUT2D eigenvalue weighted by molar-refractivity contribution is -0.231. The molecule has 0 saturated carbocycles. The molecule has 1 fully saturated rings. The number of aromatic nitrogens is 3. The Kier molecular flexibility index (Phi) is 5.43. The highest BCUT2D eigenvalue weighted by atomic mass is 35.5. The first-order valence-corrected chi connectivity index (χ1v) is 9.41. The van der Waals surface area contributed by atoms with Crippen molar-refractivity contribution in [2.24, 2.45) is 0 Å². The van der Waals surface area contributed by atoms with Crippen LogP contribution in [0.2, 0.25) is 5.02 Å². The van der Waals surface area contributed by atoms with E-state index in [0.717, 1.165) is 0 Å². The minimum Gasteiger partial charge on any atom is -0.394 e. The highest BCUT2D eigenvalue weighted by Crippen LogP contribution is 2.34. The van der Waals surface area contributed by atoms with Crippen molar-refractivity contribution < 1.29 is 25.2 Å². The number of hydrogen-bond donors (Lipinski definition) is 4. The van der Waals surface area contributed by atoms with Crippen LogP contribution in [0.5, 0.6) is 0 Å². The Morgan fingerprint density at radius 1 is 1.10 bits per heavy atom. The third kappa shape index (κ3) is 3.57. The monoisotopic (exact) mass is 421 g/mol. The van der Waals surface area contributed by atoms with Crippen LogP contribution in [0.15, 0.2) is 47.4 Å². The van der Waals surface area contributed by atoms with Crippen LogP contribution in [0, 0.1) is 0 Å². The normalized spacial score (nSPS) is 27.4. The molecular weight excluding hydrogens is 402 g/mol. The zero-order valence-electron chi connectivity index (χ0n) is 15.2. The third-order valence-corrected chi connectivity index (χ3v) is 5.47. The van der Waals surface area contributed by atoms with Crippen LogP contribution < -0.4 is 5.69 Å². The average Bonchev–Trinajstić information content (AvgIpc) is 3.04. The van der Waals surface area contributed by atoms with Crippen LogP contribution in [-0.2, 0) is 11.3 Å². The number of aliphatic hydroxyl groups is 4. The smallest absolute Gasteiger partial charge is 0.350 e. The number of pyridine rings is 1. The van der Waals surface area contributed by atoms with E-state index in [9.17, 15) is 25.2 Å². The summed E-state index contributed by atoms with van der Waals surface area (Å²) in [6, 6.07) is 10.1. The van der Waals surface area contributed by atoms with E-state index in [-0.39, 0.29) is 12.2 Å². The lowest BCUT2D eigenvalue weighted by atomic mass is 9.90. The standard InChI is InChI=1S/C19H20ClN3O6/c20-12-5-4-10(18-17(27)16(26)15(25)13(9-24)29-18)7-11(12)8-23-19(28)22-6-2-1-3-14(22)21-23/h1-7,13,15-18,24-27H,8-9H2/t13?,15-,16?,17+,18+/m1/s1. The molecule has 9 nitrogen and oxygen atoms in total. The van der Waals surface area contributed by atoms with Crippen molar-refractivity contribution in [1.82, 2.24) is 14.2 Å². The second-order valence-electron chi connectivity index (χ2n) is 6.97. The maximum Gasteiger partial charge on any atom is 0.350 e. The molecule has 29 heavy (non-hydrogen) atoms. The molecule has 1 saturated heterocycles. The number of rotatable bonds is 4. The molecule has 3 heterocycles. The van der Waals surface area contributed by atoms with Gasteiger partial charge in [-0.05, 0) is 35.4 Å². The maximum absolute atomic E-state index is 12.5.